The minimum Gasteiger partial charge on any atom is -0.361 e. The number of benzene rings is 1. The summed E-state index contributed by atoms with van der Waals surface area (Å²) >= 11 is 3.51. The second-order valence-electron chi connectivity index (χ2n) is 4.77. The molecule has 88 valence electrons. The van der Waals surface area contributed by atoms with Crippen LogP contribution in [0.1, 0.15) is 37.2 Å². The third-order valence-corrected chi connectivity index (χ3v) is 4.09. The van der Waals surface area contributed by atoms with E-state index in [2.05, 4.69) is 39.2 Å². The van der Waals surface area contributed by atoms with Crippen molar-refractivity contribution >= 4 is 32.6 Å². The Hall–Kier alpha value is -1.09. The van der Waals surface area contributed by atoms with Gasteiger partial charge in [-0.2, -0.15) is 0 Å². The second-order valence-corrected chi connectivity index (χ2v) is 5.68. The fourth-order valence-corrected chi connectivity index (χ4v) is 3.10. The molecule has 2 aromatic rings. The molecular formula is C14H14BrNO. The lowest BCUT2D eigenvalue weighted by atomic mass is 9.83. The number of ketones is 1. The first-order valence-corrected chi connectivity index (χ1v) is 6.81. The van der Waals surface area contributed by atoms with Gasteiger partial charge in [0.25, 0.3) is 0 Å². The lowest BCUT2D eigenvalue weighted by molar-refractivity contribution is -0.120. The van der Waals surface area contributed by atoms with Gasteiger partial charge in [-0.15, -0.1) is 0 Å². The number of Topliss-reactive ketones (excluding diaryl/α,β-unsaturated/α-hetero) is 1. The van der Waals surface area contributed by atoms with Crippen molar-refractivity contribution in [3.63, 3.8) is 0 Å². The molecule has 0 aliphatic heterocycles. The molecule has 1 fully saturated rings. The molecule has 3 rings (SSSR count). The number of fused-ring (bicyclic) bond motifs is 1. The second kappa shape index (κ2) is 4.30. The Bertz CT molecular complexity index is 573. The van der Waals surface area contributed by atoms with Gasteiger partial charge in [0.1, 0.15) is 5.78 Å². The summed E-state index contributed by atoms with van der Waals surface area (Å²) in [5.41, 5.74) is 2.45. The zero-order valence-electron chi connectivity index (χ0n) is 9.50. The SMILES string of the molecule is O=C1CCCC(c2c[nH]c3ccc(Br)cc23)C1. The van der Waals surface area contributed by atoms with Gasteiger partial charge in [0.05, 0.1) is 0 Å². The first kappa shape index (κ1) is 11.0. The summed E-state index contributed by atoms with van der Waals surface area (Å²) in [5, 5.41) is 1.25. The largest absolute Gasteiger partial charge is 0.361 e. The number of H-pyrrole nitrogens is 1. The summed E-state index contributed by atoms with van der Waals surface area (Å²) in [6, 6.07) is 6.25. The maximum absolute atomic E-state index is 11.6. The van der Waals surface area contributed by atoms with E-state index >= 15 is 0 Å². The maximum atomic E-state index is 11.6. The van der Waals surface area contributed by atoms with Crippen molar-refractivity contribution in [1.82, 2.24) is 4.98 Å². The van der Waals surface area contributed by atoms with Gasteiger partial charge < -0.3 is 4.98 Å². The van der Waals surface area contributed by atoms with Crippen LogP contribution in [0.15, 0.2) is 28.9 Å². The molecule has 1 heterocycles. The normalized spacial score (nSPS) is 21.0. The van der Waals surface area contributed by atoms with Gasteiger partial charge in [-0.25, -0.2) is 0 Å². The summed E-state index contributed by atoms with van der Waals surface area (Å²) in [6.45, 7) is 0. The van der Waals surface area contributed by atoms with Crippen molar-refractivity contribution in [3.05, 3.63) is 34.4 Å². The maximum Gasteiger partial charge on any atom is 0.133 e. The van der Waals surface area contributed by atoms with E-state index in [1.807, 2.05) is 6.07 Å². The van der Waals surface area contributed by atoms with Gasteiger partial charge in [-0.1, -0.05) is 15.9 Å². The standard InChI is InChI=1S/C14H14BrNO/c15-10-4-5-14-12(7-10)13(8-16-14)9-2-1-3-11(17)6-9/h4-5,7-9,16H,1-3,6H2. The molecule has 0 radical (unpaired) electrons. The van der Waals surface area contributed by atoms with Crippen LogP contribution in [0.3, 0.4) is 0 Å². The number of hydrogen-bond donors (Lipinski definition) is 1. The Balaban J connectivity index is 2.04. The minimum absolute atomic E-state index is 0.402. The predicted octanol–water partition coefficient (Wildman–Crippen LogP) is 4.16. The molecule has 1 aliphatic rings. The first-order valence-electron chi connectivity index (χ1n) is 6.02. The van der Waals surface area contributed by atoms with E-state index in [1.54, 1.807) is 0 Å². The lowest BCUT2D eigenvalue weighted by Crippen LogP contribution is -2.12. The molecule has 0 amide bonds. The van der Waals surface area contributed by atoms with Gasteiger partial charge in [-0.3, -0.25) is 4.79 Å². The number of aromatic amines is 1. The topological polar surface area (TPSA) is 32.9 Å². The molecule has 1 aromatic carbocycles. The van der Waals surface area contributed by atoms with Crippen LogP contribution in [0.2, 0.25) is 0 Å². The third-order valence-electron chi connectivity index (χ3n) is 3.60. The van der Waals surface area contributed by atoms with Gasteiger partial charge >= 0.3 is 0 Å². The van der Waals surface area contributed by atoms with Gasteiger partial charge in [-0.05, 0) is 42.5 Å². The monoisotopic (exact) mass is 291 g/mol. The molecule has 17 heavy (non-hydrogen) atoms. The quantitative estimate of drug-likeness (QED) is 0.841. The highest BCUT2D eigenvalue weighted by Crippen LogP contribution is 2.35. The highest BCUT2D eigenvalue weighted by molar-refractivity contribution is 9.10. The van der Waals surface area contributed by atoms with Crippen molar-refractivity contribution in [2.24, 2.45) is 0 Å². The van der Waals surface area contributed by atoms with E-state index in [0.29, 0.717) is 18.1 Å². The molecule has 1 N–H and O–H groups in total. The summed E-state index contributed by atoms with van der Waals surface area (Å²) in [7, 11) is 0. The molecular weight excluding hydrogens is 278 g/mol. The number of aromatic nitrogens is 1. The third kappa shape index (κ3) is 2.04. The molecule has 1 aromatic heterocycles. The van der Waals surface area contributed by atoms with E-state index in [-0.39, 0.29) is 0 Å². The Morgan fingerprint density at radius 1 is 1.35 bits per heavy atom. The molecule has 3 heteroatoms. The Kier molecular flexibility index (Phi) is 2.79. The molecule has 0 spiro atoms. The number of rotatable bonds is 1. The van der Waals surface area contributed by atoms with Crippen LogP contribution >= 0.6 is 15.9 Å². The average Bonchev–Trinajstić information content (AvgIpc) is 2.71. The zero-order valence-corrected chi connectivity index (χ0v) is 11.1. The van der Waals surface area contributed by atoms with E-state index < -0.39 is 0 Å². The summed E-state index contributed by atoms with van der Waals surface area (Å²) in [5.74, 6) is 0.810. The van der Waals surface area contributed by atoms with Crippen molar-refractivity contribution in [2.75, 3.05) is 0 Å². The van der Waals surface area contributed by atoms with Gasteiger partial charge in [0, 0.05) is 34.4 Å². The summed E-state index contributed by atoms with van der Waals surface area (Å²) in [4.78, 5) is 14.8. The highest BCUT2D eigenvalue weighted by Gasteiger charge is 2.23. The van der Waals surface area contributed by atoms with E-state index in [4.69, 9.17) is 0 Å². The van der Waals surface area contributed by atoms with Crippen molar-refractivity contribution in [3.8, 4) is 0 Å². The predicted molar refractivity (Wildman–Crippen MR) is 72.2 cm³/mol. The van der Waals surface area contributed by atoms with Crippen LogP contribution in [0.4, 0.5) is 0 Å². The van der Waals surface area contributed by atoms with Crippen LogP contribution in [-0.2, 0) is 4.79 Å². The number of carbonyl (C=O) groups excluding carboxylic acids is 1. The Labute approximate surface area is 109 Å². The number of hydrogen-bond acceptors (Lipinski definition) is 1. The van der Waals surface area contributed by atoms with Crippen molar-refractivity contribution in [2.45, 2.75) is 31.6 Å². The van der Waals surface area contributed by atoms with Crippen LogP contribution in [0.25, 0.3) is 10.9 Å². The van der Waals surface area contributed by atoms with Crippen LogP contribution < -0.4 is 0 Å². The Morgan fingerprint density at radius 2 is 2.24 bits per heavy atom. The van der Waals surface area contributed by atoms with Gasteiger partial charge in [0.15, 0.2) is 0 Å². The Morgan fingerprint density at radius 3 is 3.06 bits per heavy atom. The van der Waals surface area contributed by atoms with Crippen LogP contribution in [0.5, 0.6) is 0 Å². The molecule has 0 bridgehead atoms. The summed E-state index contributed by atoms with van der Waals surface area (Å²) in [6.07, 6.45) is 5.71. The van der Waals surface area contributed by atoms with E-state index in [1.165, 1.54) is 10.9 Å². The molecule has 1 aliphatic carbocycles. The van der Waals surface area contributed by atoms with Crippen molar-refractivity contribution in [1.29, 1.82) is 0 Å². The van der Waals surface area contributed by atoms with Crippen molar-refractivity contribution < 1.29 is 4.79 Å². The number of nitrogens with one attached hydrogen (secondary N) is 1. The smallest absolute Gasteiger partial charge is 0.133 e. The van der Waals surface area contributed by atoms with E-state index in [0.717, 1.165) is 29.3 Å². The average molecular weight is 292 g/mol. The molecule has 2 nitrogen and oxygen atoms in total. The fourth-order valence-electron chi connectivity index (χ4n) is 2.74. The minimum atomic E-state index is 0.402. The van der Waals surface area contributed by atoms with Crippen LogP contribution in [-0.4, -0.2) is 10.8 Å². The number of halogens is 1. The van der Waals surface area contributed by atoms with Gasteiger partial charge in [0.2, 0.25) is 0 Å². The van der Waals surface area contributed by atoms with Crippen LogP contribution in [0, 0.1) is 0 Å². The molecule has 1 atom stereocenters. The fraction of sp³-hybridized carbons (Fsp3) is 0.357. The first-order chi connectivity index (χ1) is 8.24. The number of carbonyl (C=O) groups is 1. The lowest BCUT2D eigenvalue weighted by Gasteiger charge is -2.20. The molecule has 1 saturated carbocycles. The summed E-state index contributed by atoms with van der Waals surface area (Å²) < 4.78 is 1.09. The molecule has 0 saturated heterocycles. The highest BCUT2D eigenvalue weighted by atomic mass is 79.9. The zero-order chi connectivity index (χ0) is 11.8. The van der Waals surface area contributed by atoms with E-state index in [9.17, 15) is 4.79 Å². The molecule has 1 unspecified atom stereocenters.